The fourth-order valence-corrected chi connectivity index (χ4v) is 1.91. The molecule has 2 nitrogen and oxygen atoms in total. The van der Waals surface area contributed by atoms with Crippen molar-refractivity contribution in [2.75, 3.05) is 19.6 Å². The van der Waals surface area contributed by atoms with Crippen molar-refractivity contribution in [2.45, 2.75) is 18.9 Å². The third-order valence-corrected chi connectivity index (χ3v) is 2.60. The Balaban J connectivity index is 0.000000500. The Bertz CT molecular complexity index is 112. The molecule has 0 spiro atoms. The molecule has 0 radical (unpaired) electrons. The standard InChI is InChI=1S/C7H12NO.K/c9-7-5-8-3-1-6(7)2-4-8;/h6-7H,1-5H2;/q-1;+1/t7-;/m0./s1. The van der Waals surface area contributed by atoms with Crippen molar-refractivity contribution < 1.29 is 56.5 Å². The molecule has 1 atom stereocenters. The molecule has 3 saturated heterocycles. The Morgan fingerprint density at radius 2 is 1.80 bits per heavy atom. The van der Waals surface area contributed by atoms with Crippen LogP contribution < -0.4 is 56.5 Å². The summed E-state index contributed by atoms with van der Waals surface area (Å²) in [6.07, 6.45) is 2.06. The molecule has 3 aliphatic rings. The summed E-state index contributed by atoms with van der Waals surface area (Å²) in [5.41, 5.74) is 0. The largest absolute Gasteiger partial charge is 1.00 e. The maximum Gasteiger partial charge on any atom is 1.00 e. The first-order chi connectivity index (χ1) is 4.36. The quantitative estimate of drug-likeness (QED) is 0.347. The van der Waals surface area contributed by atoms with Gasteiger partial charge in [-0.3, -0.25) is 0 Å². The van der Waals surface area contributed by atoms with E-state index < -0.39 is 0 Å². The molecule has 0 unspecified atom stereocenters. The minimum absolute atomic E-state index is 0. The zero-order chi connectivity index (χ0) is 6.27. The van der Waals surface area contributed by atoms with Crippen molar-refractivity contribution in [1.29, 1.82) is 0 Å². The molecule has 0 aromatic heterocycles. The van der Waals surface area contributed by atoms with Crippen molar-refractivity contribution in [2.24, 2.45) is 5.92 Å². The van der Waals surface area contributed by atoms with E-state index in [1.54, 1.807) is 0 Å². The van der Waals surface area contributed by atoms with Crippen LogP contribution in [0.5, 0.6) is 0 Å². The fraction of sp³-hybridized carbons (Fsp3) is 1.00. The van der Waals surface area contributed by atoms with E-state index in [-0.39, 0.29) is 57.5 Å². The monoisotopic (exact) mass is 165 g/mol. The van der Waals surface area contributed by atoms with Crippen LogP contribution in [-0.2, 0) is 0 Å². The van der Waals surface area contributed by atoms with Crippen molar-refractivity contribution in [3.05, 3.63) is 0 Å². The summed E-state index contributed by atoms with van der Waals surface area (Å²) in [5, 5.41) is 11.1. The fourth-order valence-electron chi connectivity index (χ4n) is 1.91. The molecule has 3 rings (SSSR count). The normalized spacial score (nSPS) is 44.7. The summed E-state index contributed by atoms with van der Waals surface area (Å²) in [4.78, 5) is 2.29. The average Bonchev–Trinajstić information content (AvgIpc) is 1.90. The van der Waals surface area contributed by atoms with Crippen molar-refractivity contribution in [1.82, 2.24) is 4.90 Å². The molecule has 0 N–H and O–H groups in total. The van der Waals surface area contributed by atoms with Crippen LogP contribution in [0.15, 0.2) is 0 Å². The van der Waals surface area contributed by atoms with Crippen molar-refractivity contribution in [3.8, 4) is 0 Å². The average molecular weight is 165 g/mol. The van der Waals surface area contributed by atoms with Gasteiger partial charge in [-0.2, -0.15) is 0 Å². The number of hydrogen-bond acceptors (Lipinski definition) is 2. The van der Waals surface area contributed by atoms with Crippen LogP contribution in [0.4, 0.5) is 0 Å². The molecule has 3 heterocycles. The Morgan fingerprint density at radius 1 is 1.20 bits per heavy atom. The predicted octanol–water partition coefficient (Wildman–Crippen LogP) is -3.56. The van der Waals surface area contributed by atoms with Gasteiger partial charge < -0.3 is 10.0 Å². The molecular formula is C7H12KNO. The first-order valence-corrected chi connectivity index (χ1v) is 3.74. The van der Waals surface area contributed by atoms with E-state index in [0.717, 1.165) is 19.4 Å². The number of nitrogens with zero attached hydrogens (tertiary/aromatic N) is 1. The molecule has 3 fully saturated rings. The van der Waals surface area contributed by atoms with Gasteiger partial charge in [0, 0.05) is 0 Å². The summed E-state index contributed by atoms with van der Waals surface area (Å²) in [6, 6.07) is 0. The van der Waals surface area contributed by atoms with Crippen molar-refractivity contribution >= 4 is 0 Å². The zero-order valence-electron chi connectivity index (χ0n) is 6.55. The molecule has 10 heavy (non-hydrogen) atoms. The Morgan fingerprint density at radius 3 is 2.00 bits per heavy atom. The minimum atomic E-state index is -0.257. The molecule has 3 heteroatoms. The van der Waals surface area contributed by atoms with Crippen LogP contribution in [-0.4, -0.2) is 30.6 Å². The SMILES string of the molecule is [K+].[O-][C@H]1CN2CCC1CC2. The Hall–Kier alpha value is 1.56. The first kappa shape index (κ1) is 9.64. The van der Waals surface area contributed by atoms with Crippen LogP contribution in [0.2, 0.25) is 0 Å². The van der Waals surface area contributed by atoms with E-state index in [2.05, 4.69) is 4.90 Å². The van der Waals surface area contributed by atoms with Gasteiger partial charge in [0.05, 0.1) is 0 Å². The molecule has 0 saturated carbocycles. The summed E-state index contributed by atoms with van der Waals surface area (Å²) < 4.78 is 0. The Labute approximate surface area is 104 Å². The second-order valence-corrected chi connectivity index (χ2v) is 3.18. The van der Waals surface area contributed by atoms with Gasteiger partial charge >= 0.3 is 51.4 Å². The summed E-state index contributed by atoms with van der Waals surface area (Å²) >= 11 is 0. The van der Waals surface area contributed by atoms with Crippen molar-refractivity contribution in [3.63, 3.8) is 0 Å². The molecule has 0 aromatic carbocycles. The number of rotatable bonds is 0. The van der Waals surface area contributed by atoms with Gasteiger partial charge in [0.2, 0.25) is 0 Å². The predicted molar refractivity (Wildman–Crippen MR) is 33.0 cm³/mol. The maximum absolute atomic E-state index is 11.1. The molecule has 0 aromatic rings. The van der Waals surface area contributed by atoms with E-state index >= 15 is 0 Å². The van der Waals surface area contributed by atoms with E-state index in [1.165, 1.54) is 13.1 Å². The molecule has 0 aliphatic carbocycles. The van der Waals surface area contributed by atoms with Gasteiger partial charge in [-0.15, -0.1) is 6.10 Å². The second-order valence-electron chi connectivity index (χ2n) is 3.18. The van der Waals surface area contributed by atoms with Gasteiger partial charge in [-0.25, -0.2) is 0 Å². The summed E-state index contributed by atoms with van der Waals surface area (Å²) in [6.45, 7) is 3.19. The van der Waals surface area contributed by atoms with E-state index in [0.29, 0.717) is 5.92 Å². The van der Waals surface area contributed by atoms with Crippen LogP contribution in [0, 0.1) is 5.92 Å². The molecule has 0 amide bonds. The third kappa shape index (κ3) is 1.83. The van der Waals surface area contributed by atoms with E-state index in [9.17, 15) is 5.11 Å². The van der Waals surface area contributed by atoms with Crippen LogP contribution in [0.25, 0.3) is 0 Å². The number of piperidine rings is 3. The maximum atomic E-state index is 11.1. The van der Waals surface area contributed by atoms with Crippen LogP contribution in [0.3, 0.4) is 0 Å². The van der Waals surface area contributed by atoms with Gasteiger partial charge in [-0.05, 0) is 32.5 Å². The first-order valence-electron chi connectivity index (χ1n) is 3.74. The second kappa shape index (κ2) is 3.98. The third-order valence-electron chi connectivity index (χ3n) is 2.60. The van der Waals surface area contributed by atoms with Gasteiger partial charge in [0.1, 0.15) is 0 Å². The molecular weight excluding hydrogens is 153 g/mol. The molecule has 2 bridgehead atoms. The van der Waals surface area contributed by atoms with Gasteiger partial charge in [-0.1, -0.05) is 5.92 Å². The number of hydrogen-bond donors (Lipinski definition) is 0. The minimum Gasteiger partial charge on any atom is -0.851 e. The van der Waals surface area contributed by atoms with E-state index in [4.69, 9.17) is 0 Å². The topological polar surface area (TPSA) is 26.3 Å². The summed E-state index contributed by atoms with van der Waals surface area (Å²) in [5.74, 6) is 0.523. The zero-order valence-corrected chi connectivity index (χ0v) is 9.67. The molecule has 52 valence electrons. The van der Waals surface area contributed by atoms with Crippen LogP contribution in [0.1, 0.15) is 12.8 Å². The number of fused-ring (bicyclic) bond motifs is 3. The smallest absolute Gasteiger partial charge is 0.851 e. The van der Waals surface area contributed by atoms with E-state index in [1.807, 2.05) is 0 Å². The Kier molecular flexibility index (Phi) is 3.84. The van der Waals surface area contributed by atoms with Gasteiger partial charge in [0.15, 0.2) is 0 Å². The molecule has 3 aliphatic heterocycles. The van der Waals surface area contributed by atoms with Crippen LogP contribution >= 0.6 is 0 Å². The van der Waals surface area contributed by atoms with Gasteiger partial charge in [0.25, 0.3) is 0 Å². The summed E-state index contributed by atoms with van der Waals surface area (Å²) in [7, 11) is 0.